The molecular formula is C15H19N3O3. The summed E-state index contributed by atoms with van der Waals surface area (Å²) in [6, 6.07) is 7.15. The molecule has 0 aliphatic heterocycles. The van der Waals surface area contributed by atoms with Crippen molar-refractivity contribution in [3.8, 4) is 0 Å². The molecule has 1 atom stereocenters. The van der Waals surface area contributed by atoms with Crippen LogP contribution in [0, 0.1) is 0 Å². The van der Waals surface area contributed by atoms with Gasteiger partial charge in [0.15, 0.2) is 0 Å². The topological polar surface area (TPSA) is 84.2 Å². The predicted octanol–water partition coefficient (Wildman–Crippen LogP) is 0.674. The lowest BCUT2D eigenvalue weighted by Crippen LogP contribution is -2.33. The SMILES string of the molecule is CC(CCO)NC(=O)CCn1ncc(=O)c2ccccc21. The Morgan fingerprint density at radius 3 is 2.95 bits per heavy atom. The van der Waals surface area contributed by atoms with Crippen molar-refractivity contribution in [2.24, 2.45) is 0 Å². The second kappa shape index (κ2) is 6.99. The summed E-state index contributed by atoms with van der Waals surface area (Å²) in [7, 11) is 0. The molecule has 112 valence electrons. The van der Waals surface area contributed by atoms with Gasteiger partial charge < -0.3 is 10.4 Å². The molecule has 0 saturated carbocycles. The normalized spacial score (nSPS) is 12.3. The van der Waals surface area contributed by atoms with E-state index in [9.17, 15) is 9.59 Å². The van der Waals surface area contributed by atoms with E-state index in [2.05, 4.69) is 10.4 Å². The Labute approximate surface area is 122 Å². The summed E-state index contributed by atoms with van der Waals surface area (Å²) in [4.78, 5) is 23.5. The fourth-order valence-electron chi connectivity index (χ4n) is 2.16. The second-order valence-corrected chi connectivity index (χ2v) is 4.98. The largest absolute Gasteiger partial charge is 0.396 e. The first-order chi connectivity index (χ1) is 10.1. The molecule has 0 saturated heterocycles. The number of nitrogens with zero attached hydrogens (tertiary/aromatic N) is 2. The van der Waals surface area contributed by atoms with Gasteiger partial charge >= 0.3 is 0 Å². The van der Waals surface area contributed by atoms with E-state index >= 15 is 0 Å². The van der Waals surface area contributed by atoms with E-state index in [1.54, 1.807) is 16.8 Å². The highest BCUT2D eigenvalue weighted by Crippen LogP contribution is 2.08. The molecule has 6 nitrogen and oxygen atoms in total. The monoisotopic (exact) mass is 289 g/mol. The summed E-state index contributed by atoms with van der Waals surface area (Å²) in [6.45, 7) is 2.30. The third-order valence-corrected chi connectivity index (χ3v) is 3.28. The number of nitrogens with one attached hydrogen (secondary N) is 1. The fourth-order valence-corrected chi connectivity index (χ4v) is 2.16. The first kappa shape index (κ1) is 15.2. The Balaban J connectivity index is 2.06. The number of carbonyl (C=O) groups excluding carboxylic acids is 1. The van der Waals surface area contributed by atoms with Crippen molar-refractivity contribution >= 4 is 16.8 Å². The van der Waals surface area contributed by atoms with Gasteiger partial charge in [-0.2, -0.15) is 5.10 Å². The summed E-state index contributed by atoms with van der Waals surface area (Å²) >= 11 is 0. The lowest BCUT2D eigenvalue weighted by Gasteiger charge is -2.13. The fraction of sp³-hybridized carbons (Fsp3) is 0.400. The Hall–Kier alpha value is -2.21. The van der Waals surface area contributed by atoms with Crippen LogP contribution in [-0.4, -0.2) is 33.4 Å². The molecule has 0 bridgehead atoms. The minimum absolute atomic E-state index is 0.0490. The number of hydrogen-bond donors (Lipinski definition) is 2. The van der Waals surface area contributed by atoms with Crippen LogP contribution in [0.5, 0.6) is 0 Å². The molecule has 2 rings (SSSR count). The highest BCUT2D eigenvalue weighted by molar-refractivity contribution is 5.79. The summed E-state index contributed by atoms with van der Waals surface area (Å²) in [6.07, 6.45) is 2.08. The lowest BCUT2D eigenvalue weighted by molar-refractivity contribution is -0.122. The third kappa shape index (κ3) is 3.88. The zero-order chi connectivity index (χ0) is 15.2. The van der Waals surface area contributed by atoms with Crippen LogP contribution in [0.15, 0.2) is 35.3 Å². The summed E-state index contributed by atoms with van der Waals surface area (Å²) in [5, 5.41) is 16.3. The molecule has 1 unspecified atom stereocenters. The maximum atomic E-state index is 11.8. The minimum Gasteiger partial charge on any atom is -0.396 e. The molecule has 1 aromatic carbocycles. The zero-order valence-corrected chi connectivity index (χ0v) is 12.0. The van der Waals surface area contributed by atoms with Gasteiger partial charge in [0, 0.05) is 24.5 Å². The van der Waals surface area contributed by atoms with Crippen molar-refractivity contribution in [1.82, 2.24) is 15.1 Å². The Morgan fingerprint density at radius 1 is 1.43 bits per heavy atom. The van der Waals surface area contributed by atoms with Gasteiger partial charge in [0.05, 0.1) is 18.3 Å². The maximum absolute atomic E-state index is 11.8. The van der Waals surface area contributed by atoms with Crippen molar-refractivity contribution in [3.63, 3.8) is 0 Å². The number of carbonyl (C=O) groups is 1. The maximum Gasteiger partial charge on any atom is 0.222 e. The molecule has 0 aliphatic rings. The highest BCUT2D eigenvalue weighted by atomic mass is 16.3. The van der Waals surface area contributed by atoms with Gasteiger partial charge in [0.2, 0.25) is 11.3 Å². The number of para-hydroxylation sites is 1. The van der Waals surface area contributed by atoms with Crippen LogP contribution in [0.25, 0.3) is 10.9 Å². The molecule has 6 heteroatoms. The zero-order valence-electron chi connectivity index (χ0n) is 12.0. The Bertz CT molecular complexity index is 681. The minimum atomic E-state index is -0.122. The average molecular weight is 289 g/mol. The molecule has 0 fully saturated rings. The molecule has 1 amide bonds. The van der Waals surface area contributed by atoms with Gasteiger partial charge in [-0.25, -0.2) is 0 Å². The van der Waals surface area contributed by atoms with Gasteiger partial charge in [-0.1, -0.05) is 12.1 Å². The molecule has 21 heavy (non-hydrogen) atoms. The first-order valence-electron chi connectivity index (χ1n) is 6.97. The van der Waals surface area contributed by atoms with Crippen molar-refractivity contribution in [2.45, 2.75) is 32.4 Å². The van der Waals surface area contributed by atoms with E-state index in [4.69, 9.17) is 5.11 Å². The number of amides is 1. The van der Waals surface area contributed by atoms with E-state index < -0.39 is 0 Å². The third-order valence-electron chi connectivity index (χ3n) is 3.28. The van der Waals surface area contributed by atoms with Crippen LogP contribution in [0.1, 0.15) is 19.8 Å². The van der Waals surface area contributed by atoms with Crippen molar-refractivity contribution < 1.29 is 9.90 Å². The van der Waals surface area contributed by atoms with Gasteiger partial charge in [0.25, 0.3) is 0 Å². The van der Waals surface area contributed by atoms with Crippen LogP contribution >= 0.6 is 0 Å². The summed E-state index contributed by atoms with van der Waals surface area (Å²) in [5.41, 5.74) is 0.601. The van der Waals surface area contributed by atoms with Gasteiger partial charge in [0.1, 0.15) is 0 Å². The molecule has 2 N–H and O–H groups in total. The first-order valence-corrected chi connectivity index (χ1v) is 6.97. The molecule has 0 aliphatic carbocycles. The number of benzene rings is 1. The average Bonchev–Trinajstić information content (AvgIpc) is 2.47. The molecule has 0 radical (unpaired) electrons. The highest BCUT2D eigenvalue weighted by Gasteiger charge is 2.08. The number of aliphatic hydroxyl groups excluding tert-OH is 1. The van der Waals surface area contributed by atoms with Crippen molar-refractivity contribution in [1.29, 1.82) is 0 Å². The molecule has 1 heterocycles. The van der Waals surface area contributed by atoms with Gasteiger partial charge in [-0.15, -0.1) is 0 Å². The second-order valence-electron chi connectivity index (χ2n) is 4.98. The van der Waals surface area contributed by atoms with Crippen LogP contribution in [0.3, 0.4) is 0 Å². The number of aromatic nitrogens is 2. The number of aliphatic hydroxyl groups is 1. The number of aryl methyl sites for hydroxylation is 1. The summed E-state index contributed by atoms with van der Waals surface area (Å²) in [5.74, 6) is -0.0967. The molecule has 0 spiro atoms. The van der Waals surface area contributed by atoms with Gasteiger partial charge in [-0.3, -0.25) is 14.3 Å². The Kier molecular flexibility index (Phi) is 5.05. The van der Waals surface area contributed by atoms with Crippen LogP contribution in [0.2, 0.25) is 0 Å². The Morgan fingerprint density at radius 2 is 2.19 bits per heavy atom. The quantitative estimate of drug-likeness (QED) is 0.819. The van der Waals surface area contributed by atoms with E-state index in [0.717, 1.165) is 5.52 Å². The van der Waals surface area contributed by atoms with Crippen molar-refractivity contribution in [2.75, 3.05) is 6.61 Å². The summed E-state index contributed by atoms with van der Waals surface area (Å²) < 4.78 is 1.66. The van der Waals surface area contributed by atoms with E-state index in [0.29, 0.717) is 18.4 Å². The number of fused-ring (bicyclic) bond motifs is 1. The van der Waals surface area contributed by atoms with E-state index in [-0.39, 0.29) is 30.4 Å². The van der Waals surface area contributed by atoms with Gasteiger partial charge in [-0.05, 0) is 25.5 Å². The van der Waals surface area contributed by atoms with E-state index in [1.165, 1.54) is 6.20 Å². The standard InChI is InChI=1S/C15H19N3O3/c1-11(7-9-19)17-15(21)6-8-18-13-5-3-2-4-12(13)14(20)10-16-18/h2-5,10-11,19H,6-9H2,1H3,(H,17,21). The lowest BCUT2D eigenvalue weighted by atomic mass is 10.2. The molecule has 1 aromatic heterocycles. The molecular weight excluding hydrogens is 270 g/mol. The predicted molar refractivity (Wildman–Crippen MR) is 79.9 cm³/mol. The molecule has 2 aromatic rings. The van der Waals surface area contributed by atoms with Crippen LogP contribution in [-0.2, 0) is 11.3 Å². The number of hydrogen-bond acceptors (Lipinski definition) is 4. The van der Waals surface area contributed by atoms with Crippen LogP contribution < -0.4 is 10.7 Å². The van der Waals surface area contributed by atoms with Crippen LogP contribution in [0.4, 0.5) is 0 Å². The van der Waals surface area contributed by atoms with E-state index in [1.807, 2.05) is 19.1 Å². The van der Waals surface area contributed by atoms with Crippen molar-refractivity contribution in [3.05, 3.63) is 40.7 Å². The smallest absolute Gasteiger partial charge is 0.222 e. The number of rotatable bonds is 6.